The van der Waals surface area contributed by atoms with Crippen LogP contribution in [0.5, 0.6) is 0 Å². The number of halogens is 3. The van der Waals surface area contributed by atoms with Crippen molar-refractivity contribution in [3.8, 4) is 0 Å². The van der Waals surface area contributed by atoms with Crippen molar-refractivity contribution in [1.82, 2.24) is 0 Å². The Labute approximate surface area is 202 Å². The fraction of sp³-hybridized carbons (Fsp3) is 0.160. The van der Waals surface area contributed by atoms with Gasteiger partial charge < -0.3 is 10.1 Å². The first kappa shape index (κ1) is 26.1. The van der Waals surface area contributed by atoms with Gasteiger partial charge in [-0.25, -0.2) is 0 Å². The summed E-state index contributed by atoms with van der Waals surface area (Å²) in [5.74, 6) is -2.22. The van der Waals surface area contributed by atoms with E-state index in [4.69, 9.17) is 4.74 Å². The molecule has 11 heteroatoms. The van der Waals surface area contributed by atoms with Crippen molar-refractivity contribution in [3.05, 3.63) is 106 Å². The summed E-state index contributed by atoms with van der Waals surface area (Å²) in [6.07, 6.45) is -6.88. The van der Waals surface area contributed by atoms with Crippen molar-refractivity contribution >= 4 is 29.0 Å². The standard InChI is InChI=1S/C25H19F3N2O6/c26-25(27,28)18-7-4-8-19(15-18)29-21(31)13-14-22(32)36-24(23(33)16-5-2-1-3-6-16)17-9-11-20(12-10-17)30(34)35/h1-12,15,24H,13-14H2,(H,29,31)/t24-/m0/s1. The molecule has 8 nitrogen and oxygen atoms in total. The van der Waals surface area contributed by atoms with Crippen LogP contribution in [-0.4, -0.2) is 22.6 Å². The normalized spacial score (nSPS) is 11.9. The number of nitro groups is 1. The minimum atomic E-state index is -4.58. The second kappa shape index (κ2) is 11.3. The van der Waals surface area contributed by atoms with E-state index in [1.165, 1.54) is 30.3 Å². The monoisotopic (exact) mass is 500 g/mol. The van der Waals surface area contributed by atoms with Crippen LogP contribution in [0.3, 0.4) is 0 Å². The van der Waals surface area contributed by atoms with E-state index in [0.29, 0.717) is 0 Å². The number of hydrogen-bond acceptors (Lipinski definition) is 6. The fourth-order valence-corrected chi connectivity index (χ4v) is 3.20. The summed E-state index contributed by atoms with van der Waals surface area (Å²) in [5, 5.41) is 13.2. The number of Topliss-reactive ketones (excluding diaryl/α,β-unsaturated/α-hetero) is 1. The summed E-state index contributed by atoms with van der Waals surface area (Å²) >= 11 is 0. The number of carbonyl (C=O) groups is 3. The number of nitro benzene ring substituents is 1. The Morgan fingerprint density at radius 2 is 1.58 bits per heavy atom. The number of anilines is 1. The molecular formula is C25H19F3N2O6. The van der Waals surface area contributed by atoms with Gasteiger partial charge in [-0.2, -0.15) is 13.2 Å². The van der Waals surface area contributed by atoms with E-state index in [1.54, 1.807) is 18.2 Å². The van der Waals surface area contributed by atoms with Crippen LogP contribution in [0, 0.1) is 10.1 Å². The zero-order chi connectivity index (χ0) is 26.3. The van der Waals surface area contributed by atoms with E-state index in [9.17, 15) is 37.7 Å². The van der Waals surface area contributed by atoms with Crippen molar-refractivity contribution in [2.24, 2.45) is 0 Å². The predicted octanol–water partition coefficient (Wildman–Crippen LogP) is 5.50. The van der Waals surface area contributed by atoms with E-state index in [0.717, 1.165) is 30.3 Å². The summed E-state index contributed by atoms with van der Waals surface area (Å²) < 4.78 is 43.8. The van der Waals surface area contributed by atoms with Gasteiger partial charge in [-0.1, -0.05) is 36.4 Å². The summed E-state index contributed by atoms with van der Waals surface area (Å²) in [5.41, 5.74) is -0.828. The molecule has 0 heterocycles. The second-order valence-corrected chi connectivity index (χ2v) is 7.58. The van der Waals surface area contributed by atoms with Gasteiger partial charge in [0.1, 0.15) is 0 Å². The van der Waals surface area contributed by atoms with Gasteiger partial charge >= 0.3 is 12.1 Å². The molecule has 0 radical (unpaired) electrons. The number of carbonyl (C=O) groups excluding carboxylic acids is 3. The van der Waals surface area contributed by atoms with Gasteiger partial charge in [0.05, 0.1) is 16.9 Å². The first-order valence-corrected chi connectivity index (χ1v) is 10.5. The smallest absolute Gasteiger partial charge is 0.416 e. The zero-order valence-corrected chi connectivity index (χ0v) is 18.5. The molecule has 36 heavy (non-hydrogen) atoms. The number of nitrogens with one attached hydrogen (secondary N) is 1. The van der Waals surface area contributed by atoms with Crippen LogP contribution in [0.15, 0.2) is 78.9 Å². The number of hydrogen-bond donors (Lipinski definition) is 1. The molecule has 0 bridgehead atoms. The van der Waals surface area contributed by atoms with Crippen LogP contribution in [-0.2, 0) is 20.5 Å². The molecule has 186 valence electrons. The molecule has 1 atom stereocenters. The van der Waals surface area contributed by atoms with Gasteiger partial charge in [0, 0.05) is 35.4 Å². The van der Waals surface area contributed by atoms with Gasteiger partial charge in [0.25, 0.3) is 5.69 Å². The molecule has 3 aromatic rings. The van der Waals surface area contributed by atoms with Gasteiger partial charge in [-0.3, -0.25) is 24.5 Å². The Balaban J connectivity index is 1.68. The highest BCUT2D eigenvalue weighted by Crippen LogP contribution is 2.31. The number of alkyl halides is 3. The van der Waals surface area contributed by atoms with Gasteiger partial charge in [-0.05, 0) is 30.3 Å². The number of amides is 1. The average molecular weight is 500 g/mol. The maximum atomic E-state index is 13.0. The number of non-ortho nitro benzene ring substituents is 1. The maximum Gasteiger partial charge on any atom is 0.416 e. The van der Waals surface area contributed by atoms with Gasteiger partial charge in [-0.15, -0.1) is 0 Å². The van der Waals surface area contributed by atoms with Gasteiger partial charge in [0.2, 0.25) is 11.7 Å². The molecule has 0 fully saturated rings. The SMILES string of the molecule is O=C(CCC(=O)O[C@H](C(=O)c1ccccc1)c1ccc([N+](=O)[O-])cc1)Nc1cccc(C(F)(F)F)c1. The molecule has 0 aliphatic carbocycles. The molecule has 0 aliphatic rings. The highest BCUT2D eigenvalue weighted by Gasteiger charge is 2.30. The Bertz CT molecular complexity index is 1260. The second-order valence-electron chi connectivity index (χ2n) is 7.58. The van der Waals surface area contributed by atoms with Crippen LogP contribution in [0.1, 0.15) is 40.4 Å². The molecule has 3 rings (SSSR count). The number of rotatable bonds is 9. The van der Waals surface area contributed by atoms with E-state index < -0.39 is 53.3 Å². The minimum Gasteiger partial charge on any atom is -0.449 e. The highest BCUT2D eigenvalue weighted by atomic mass is 19.4. The molecule has 0 saturated heterocycles. The Morgan fingerprint density at radius 1 is 0.917 bits per heavy atom. The van der Waals surface area contributed by atoms with Crippen molar-refractivity contribution in [1.29, 1.82) is 0 Å². The predicted molar refractivity (Wildman–Crippen MR) is 122 cm³/mol. The Kier molecular flexibility index (Phi) is 8.15. The maximum absolute atomic E-state index is 13.0. The van der Waals surface area contributed by atoms with Crippen LogP contribution in [0.4, 0.5) is 24.5 Å². The molecule has 1 N–H and O–H groups in total. The first-order valence-electron chi connectivity index (χ1n) is 10.5. The van der Waals surface area contributed by atoms with E-state index in [-0.39, 0.29) is 22.5 Å². The Hall–Kier alpha value is -4.54. The van der Waals surface area contributed by atoms with Gasteiger partial charge in [0.15, 0.2) is 6.10 Å². The lowest BCUT2D eigenvalue weighted by Crippen LogP contribution is -2.21. The summed E-state index contributed by atoms with van der Waals surface area (Å²) in [7, 11) is 0. The minimum absolute atomic E-state index is 0.0915. The average Bonchev–Trinajstić information content (AvgIpc) is 2.86. The van der Waals surface area contributed by atoms with Crippen LogP contribution in [0.2, 0.25) is 0 Å². The number of ether oxygens (including phenoxy) is 1. The molecule has 1 amide bonds. The topological polar surface area (TPSA) is 116 Å². The summed E-state index contributed by atoms with van der Waals surface area (Å²) in [6, 6.07) is 16.9. The molecule has 0 saturated carbocycles. The third kappa shape index (κ3) is 6.98. The van der Waals surface area contributed by atoms with Crippen molar-refractivity contribution in [2.75, 3.05) is 5.32 Å². The largest absolute Gasteiger partial charge is 0.449 e. The van der Waals surface area contributed by atoms with Crippen LogP contribution in [0.25, 0.3) is 0 Å². The summed E-state index contributed by atoms with van der Waals surface area (Å²) in [4.78, 5) is 47.9. The lowest BCUT2D eigenvalue weighted by molar-refractivity contribution is -0.384. The van der Waals surface area contributed by atoms with Crippen LogP contribution < -0.4 is 5.32 Å². The lowest BCUT2D eigenvalue weighted by atomic mass is 9.99. The zero-order valence-electron chi connectivity index (χ0n) is 18.5. The molecule has 0 aliphatic heterocycles. The number of benzene rings is 3. The van der Waals surface area contributed by atoms with Crippen molar-refractivity contribution in [3.63, 3.8) is 0 Å². The van der Waals surface area contributed by atoms with Crippen molar-refractivity contribution < 1.29 is 37.2 Å². The number of esters is 1. The highest BCUT2D eigenvalue weighted by molar-refractivity contribution is 6.01. The van der Waals surface area contributed by atoms with Crippen molar-refractivity contribution in [2.45, 2.75) is 25.1 Å². The Morgan fingerprint density at radius 3 is 2.19 bits per heavy atom. The van der Waals surface area contributed by atoms with Crippen LogP contribution >= 0.6 is 0 Å². The molecule has 3 aromatic carbocycles. The van der Waals surface area contributed by atoms with E-state index in [2.05, 4.69) is 5.32 Å². The first-order chi connectivity index (χ1) is 17.0. The third-order valence-electron chi connectivity index (χ3n) is 4.98. The molecular weight excluding hydrogens is 481 g/mol. The molecule has 0 aromatic heterocycles. The fourth-order valence-electron chi connectivity index (χ4n) is 3.20. The molecule has 0 unspecified atom stereocenters. The third-order valence-corrected chi connectivity index (χ3v) is 4.98. The lowest BCUT2D eigenvalue weighted by Gasteiger charge is -2.17. The summed E-state index contributed by atoms with van der Waals surface area (Å²) in [6.45, 7) is 0. The molecule has 0 spiro atoms. The number of ketones is 1. The van der Waals surface area contributed by atoms with E-state index in [1.807, 2.05) is 0 Å². The number of nitrogens with zero attached hydrogens (tertiary/aromatic N) is 1. The van der Waals surface area contributed by atoms with E-state index >= 15 is 0 Å². The quantitative estimate of drug-likeness (QED) is 0.180.